The summed E-state index contributed by atoms with van der Waals surface area (Å²) in [6, 6.07) is 25.1. The largest absolute Gasteiger partial charge is 1.00 e. The topological polar surface area (TPSA) is 0 Å². The Balaban J connectivity index is 0.000000461. The third-order valence-corrected chi connectivity index (χ3v) is 10.6. The second-order valence-electron chi connectivity index (χ2n) is 10.1. The molecule has 1 aliphatic rings. The van der Waals surface area contributed by atoms with E-state index in [0.29, 0.717) is 0 Å². The van der Waals surface area contributed by atoms with Gasteiger partial charge in [0.25, 0.3) is 0 Å². The van der Waals surface area contributed by atoms with Crippen molar-refractivity contribution in [2.24, 2.45) is 0 Å². The van der Waals surface area contributed by atoms with Crippen LogP contribution in [0.2, 0.25) is 39.3 Å². The van der Waals surface area contributed by atoms with Crippen molar-refractivity contribution in [2.45, 2.75) is 52.6 Å². The Morgan fingerprint density at radius 3 is 1.85 bits per heavy atom. The Labute approximate surface area is 231 Å². The Morgan fingerprint density at radius 1 is 0.818 bits per heavy atom. The molecule has 1 aliphatic carbocycles. The van der Waals surface area contributed by atoms with Crippen LogP contribution in [-0.2, 0) is 24.2 Å². The van der Waals surface area contributed by atoms with E-state index in [1.54, 1.807) is 10.4 Å². The van der Waals surface area contributed by atoms with Gasteiger partial charge in [-0.3, -0.25) is 6.08 Å². The summed E-state index contributed by atoms with van der Waals surface area (Å²) < 4.78 is 1.46. The van der Waals surface area contributed by atoms with E-state index in [1.807, 2.05) is 6.07 Å². The average molecular weight is 591 g/mol. The van der Waals surface area contributed by atoms with E-state index < -0.39 is 16.1 Å². The molecule has 0 amide bonds. The molecule has 5 heteroatoms. The molecule has 3 aromatic rings. The van der Waals surface area contributed by atoms with E-state index >= 15 is 0 Å². The van der Waals surface area contributed by atoms with Gasteiger partial charge in [-0.15, -0.1) is 36.1 Å². The first kappa shape index (κ1) is 32.3. The number of benzene rings is 2. The van der Waals surface area contributed by atoms with Gasteiger partial charge in [-0.2, -0.15) is 22.7 Å². The van der Waals surface area contributed by atoms with Crippen LogP contribution >= 0.6 is 0 Å². The fourth-order valence-corrected chi connectivity index (χ4v) is 9.23. The standard InChI is InChI=1S/C11H21Si2.C9H7.C8H8.2ClH.Zr/c1-12(2,3)10-8-7-9-11(10)13(4,5)6;1-2-5-9-7-3-6-8(9)4-1;1-2-8-6-4-3-5-7-8;;;/h8H,9H2,1-6H3;1-7H;3-7H,1H3;2*1H;/q2*-1;;;;+2/p-2. The maximum Gasteiger partial charge on any atom is 0.0527 e. The first-order chi connectivity index (χ1) is 14.5. The maximum atomic E-state index is 3.41. The molecule has 0 atom stereocenters. The summed E-state index contributed by atoms with van der Waals surface area (Å²) in [6.45, 7) is 16.8. The average Bonchev–Trinajstić information content (AvgIpc) is 3.39. The first-order valence-corrected chi connectivity index (χ1v) is 19.2. The molecule has 0 fully saturated rings. The van der Waals surface area contributed by atoms with Crippen molar-refractivity contribution in [1.29, 1.82) is 0 Å². The summed E-state index contributed by atoms with van der Waals surface area (Å²) in [5.41, 5.74) is 1.37. The normalized spacial score (nSPS) is 12.6. The van der Waals surface area contributed by atoms with Gasteiger partial charge < -0.3 is 24.8 Å². The van der Waals surface area contributed by atoms with Crippen molar-refractivity contribution < 1.29 is 49.0 Å². The molecule has 0 spiro atoms. The van der Waals surface area contributed by atoms with Crippen LogP contribution in [-0.4, -0.2) is 19.4 Å². The predicted octanol–water partition coefficient (Wildman–Crippen LogP) is 2.14. The summed E-state index contributed by atoms with van der Waals surface area (Å²) >= 11 is 1.51. The van der Waals surface area contributed by atoms with Gasteiger partial charge in [0, 0.05) is 0 Å². The zero-order valence-corrected chi connectivity index (χ0v) is 26.9. The van der Waals surface area contributed by atoms with Crippen LogP contribution in [0.15, 0.2) is 89.3 Å². The molecule has 0 aliphatic heterocycles. The summed E-state index contributed by atoms with van der Waals surface area (Å²) in [6.07, 6.45) is 6.80. The second-order valence-corrected chi connectivity index (χ2v) is 22.0. The van der Waals surface area contributed by atoms with E-state index in [9.17, 15) is 0 Å². The fraction of sp³-hybridized carbons (Fsp3) is 0.286. The molecule has 0 aromatic heterocycles. The monoisotopic (exact) mass is 588 g/mol. The summed E-state index contributed by atoms with van der Waals surface area (Å²) in [4.78, 5) is 0. The number of allylic oxidation sites excluding steroid dienone is 4. The maximum absolute atomic E-state index is 3.41. The van der Waals surface area contributed by atoms with Gasteiger partial charge in [0.05, 0.1) is 8.07 Å². The molecule has 0 radical (unpaired) electrons. The zero-order chi connectivity index (χ0) is 23.1. The molecule has 33 heavy (non-hydrogen) atoms. The van der Waals surface area contributed by atoms with E-state index in [2.05, 4.69) is 125 Å². The molecule has 0 saturated carbocycles. The summed E-state index contributed by atoms with van der Waals surface area (Å²) in [5.74, 6) is 0. The van der Waals surface area contributed by atoms with Gasteiger partial charge in [-0.1, -0.05) is 45.3 Å². The SMILES string of the molecule is C[C](=[Zr+2])c1ccccc1.C[Si](C)(C)C1=C([Si](C)(C)C)C[C-]=C1.[Cl-].[Cl-].c1ccc2[cH-]ccc2c1. The summed E-state index contributed by atoms with van der Waals surface area (Å²) in [7, 11) is -2.18. The van der Waals surface area contributed by atoms with E-state index in [4.69, 9.17) is 0 Å². The Hall–Kier alpha value is -0.703. The molecule has 176 valence electrons. The van der Waals surface area contributed by atoms with Crippen LogP contribution in [0.4, 0.5) is 0 Å². The van der Waals surface area contributed by atoms with E-state index in [1.165, 1.54) is 43.8 Å². The number of halogens is 2. The van der Waals surface area contributed by atoms with Crippen molar-refractivity contribution in [1.82, 2.24) is 0 Å². The zero-order valence-electron chi connectivity index (χ0n) is 21.0. The van der Waals surface area contributed by atoms with Crippen molar-refractivity contribution in [3.63, 3.8) is 0 Å². The Morgan fingerprint density at radius 2 is 1.39 bits per heavy atom. The molecule has 0 saturated heterocycles. The van der Waals surface area contributed by atoms with Gasteiger partial charge >= 0.3 is 70.3 Å². The number of rotatable bonds is 3. The third-order valence-electron chi connectivity index (χ3n) is 5.32. The van der Waals surface area contributed by atoms with Gasteiger partial charge in [0.2, 0.25) is 0 Å². The minimum Gasteiger partial charge on any atom is -1.00 e. The minimum atomic E-state index is -1.10. The fourth-order valence-electron chi connectivity index (χ4n) is 3.53. The van der Waals surface area contributed by atoms with Crippen molar-refractivity contribution >= 4 is 30.1 Å². The molecular weight excluding hydrogens is 555 g/mol. The molecule has 4 rings (SSSR count). The molecule has 0 N–H and O–H groups in total. The van der Waals surface area contributed by atoms with E-state index in [-0.39, 0.29) is 24.8 Å². The molecule has 0 nitrogen and oxygen atoms in total. The third kappa shape index (κ3) is 10.6. The summed E-state index contributed by atoms with van der Waals surface area (Å²) in [5, 5.41) is 6.10. The van der Waals surface area contributed by atoms with Crippen LogP contribution in [0.1, 0.15) is 18.9 Å². The van der Waals surface area contributed by atoms with Gasteiger partial charge in [-0.25, -0.2) is 11.3 Å². The molecule has 0 heterocycles. The van der Waals surface area contributed by atoms with Gasteiger partial charge in [0.15, 0.2) is 0 Å². The van der Waals surface area contributed by atoms with Crippen LogP contribution in [0.5, 0.6) is 0 Å². The van der Waals surface area contributed by atoms with Crippen LogP contribution < -0.4 is 24.8 Å². The smallest absolute Gasteiger partial charge is 0.0527 e. The number of hydrogen-bond donors (Lipinski definition) is 0. The van der Waals surface area contributed by atoms with Crippen molar-refractivity contribution in [3.05, 3.63) is 101 Å². The van der Waals surface area contributed by atoms with Crippen molar-refractivity contribution in [2.75, 3.05) is 0 Å². The van der Waals surface area contributed by atoms with Crippen LogP contribution in [0.3, 0.4) is 0 Å². The van der Waals surface area contributed by atoms with E-state index in [0.717, 1.165) is 6.42 Å². The predicted molar refractivity (Wildman–Crippen MR) is 142 cm³/mol. The second kappa shape index (κ2) is 14.6. The molecule has 0 bridgehead atoms. The Bertz CT molecular complexity index is 1020. The van der Waals surface area contributed by atoms with Crippen LogP contribution in [0.25, 0.3) is 10.8 Å². The number of fused-ring (bicyclic) bond motifs is 1. The quantitative estimate of drug-likeness (QED) is 0.324. The van der Waals surface area contributed by atoms with Crippen molar-refractivity contribution in [3.8, 4) is 0 Å². The minimum absolute atomic E-state index is 0. The van der Waals surface area contributed by atoms with Gasteiger partial charge in [0.1, 0.15) is 0 Å². The van der Waals surface area contributed by atoms with Gasteiger partial charge in [-0.05, 0) is 8.07 Å². The molecule has 3 aromatic carbocycles. The Kier molecular flexibility index (Phi) is 14.3. The molecule has 0 unspecified atom stereocenters. The first-order valence-electron chi connectivity index (χ1n) is 11.0. The van der Waals surface area contributed by atoms with Crippen LogP contribution in [0, 0.1) is 6.08 Å². The number of hydrogen-bond acceptors (Lipinski definition) is 0. The molecular formula is C28H36Cl2Si2Zr-2.